The second-order valence-electron chi connectivity index (χ2n) is 2.33. The maximum absolute atomic E-state index is 7.06. The third-order valence-corrected chi connectivity index (χ3v) is 0.934. The van der Waals surface area contributed by atoms with Gasteiger partial charge in [-0.15, -0.1) is 0 Å². The molecular formula is C6H14N2. The van der Waals surface area contributed by atoms with Crippen molar-refractivity contribution in [2.45, 2.75) is 13.3 Å². The SMILES string of the molecule is CC(=N)CCN(C)C. The molecule has 0 spiro atoms. The molecule has 0 aliphatic carbocycles. The lowest BCUT2D eigenvalue weighted by molar-refractivity contribution is 0.421. The summed E-state index contributed by atoms with van der Waals surface area (Å²) in [5.41, 5.74) is 0.763. The van der Waals surface area contributed by atoms with E-state index >= 15 is 0 Å². The smallest absolute Gasteiger partial charge is 0.00709 e. The lowest BCUT2D eigenvalue weighted by atomic mass is 10.3. The summed E-state index contributed by atoms with van der Waals surface area (Å²) in [6.45, 7) is 2.83. The van der Waals surface area contributed by atoms with Crippen molar-refractivity contribution in [2.24, 2.45) is 0 Å². The van der Waals surface area contributed by atoms with Crippen LogP contribution in [-0.4, -0.2) is 31.3 Å². The van der Waals surface area contributed by atoms with Crippen molar-refractivity contribution in [3.63, 3.8) is 0 Å². The fraction of sp³-hybridized carbons (Fsp3) is 0.833. The molecule has 0 aromatic rings. The van der Waals surface area contributed by atoms with Gasteiger partial charge >= 0.3 is 0 Å². The van der Waals surface area contributed by atoms with Crippen LogP contribution in [0.4, 0.5) is 0 Å². The summed E-state index contributed by atoms with van der Waals surface area (Å²) in [5, 5.41) is 7.06. The maximum atomic E-state index is 7.06. The van der Waals surface area contributed by atoms with Gasteiger partial charge in [0.05, 0.1) is 0 Å². The second kappa shape index (κ2) is 3.61. The molecule has 0 heterocycles. The molecule has 0 aliphatic heterocycles. The zero-order chi connectivity index (χ0) is 6.57. The van der Waals surface area contributed by atoms with E-state index in [4.69, 9.17) is 5.41 Å². The zero-order valence-electron chi connectivity index (χ0n) is 5.86. The van der Waals surface area contributed by atoms with Crippen LogP contribution in [0.1, 0.15) is 13.3 Å². The topological polar surface area (TPSA) is 27.1 Å². The van der Waals surface area contributed by atoms with Crippen LogP contribution in [0.25, 0.3) is 0 Å². The Hall–Kier alpha value is -0.370. The predicted molar refractivity (Wildman–Crippen MR) is 36.6 cm³/mol. The number of nitrogens with zero attached hydrogens (tertiary/aromatic N) is 1. The molecule has 0 fully saturated rings. The van der Waals surface area contributed by atoms with Gasteiger partial charge in [0.2, 0.25) is 0 Å². The lowest BCUT2D eigenvalue weighted by Crippen LogP contribution is -2.14. The minimum Gasteiger partial charge on any atom is -0.310 e. The summed E-state index contributed by atoms with van der Waals surface area (Å²) >= 11 is 0. The molecular weight excluding hydrogens is 100 g/mol. The van der Waals surface area contributed by atoms with E-state index < -0.39 is 0 Å². The summed E-state index contributed by atoms with van der Waals surface area (Å²) in [4.78, 5) is 2.08. The standard InChI is InChI=1S/C6H14N2/c1-6(7)4-5-8(2)3/h7H,4-5H2,1-3H3. The predicted octanol–water partition coefficient (Wildman–Crippen LogP) is 0.978. The summed E-state index contributed by atoms with van der Waals surface area (Å²) < 4.78 is 0. The molecule has 8 heavy (non-hydrogen) atoms. The van der Waals surface area contributed by atoms with E-state index in [2.05, 4.69) is 4.90 Å². The fourth-order valence-electron chi connectivity index (χ4n) is 0.391. The van der Waals surface area contributed by atoms with Gasteiger partial charge in [-0.05, 0) is 27.4 Å². The minimum atomic E-state index is 0.763. The van der Waals surface area contributed by atoms with Crippen molar-refractivity contribution < 1.29 is 0 Å². The summed E-state index contributed by atoms with van der Waals surface area (Å²) in [6.07, 6.45) is 0.896. The van der Waals surface area contributed by atoms with E-state index in [0.717, 1.165) is 18.7 Å². The molecule has 0 saturated heterocycles. The first-order valence-corrected chi connectivity index (χ1v) is 2.81. The highest BCUT2D eigenvalue weighted by Gasteiger charge is 1.89. The van der Waals surface area contributed by atoms with Crippen LogP contribution < -0.4 is 0 Å². The Morgan fingerprint density at radius 2 is 2.00 bits per heavy atom. The van der Waals surface area contributed by atoms with Crippen LogP contribution in [-0.2, 0) is 0 Å². The zero-order valence-corrected chi connectivity index (χ0v) is 5.86. The monoisotopic (exact) mass is 114 g/mol. The Labute approximate surface area is 51.0 Å². The highest BCUT2D eigenvalue weighted by Crippen LogP contribution is 1.83. The highest BCUT2D eigenvalue weighted by atomic mass is 15.0. The minimum absolute atomic E-state index is 0.763. The van der Waals surface area contributed by atoms with Crippen molar-refractivity contribution in [1.29, 1.82) is 5.41 Å². The van der Waals surface area contributed by atoms with Crippen LogP contribution in [0.3, 0.4) is 0 Å². The van der Waals surface area contributed by atoms with Gasteiger partial charge in [-0.2, -0.15) is 0 Å². The molecule has 0 saturated carbocycles. The van der Waals surface area contributed by atoms with Gasteiger partial charge in [0.25, 0.3) is 0 Å². The van der Waals surface area contributed by atoms with E-state index in [-0.39, 0.29) is 0 Å². The van der Waals surface area contributed by atoms with E-state index in [9.17, 15) is 0 Å². The van der Waals surface area contributed by atoms with Crippen molar-refractivity contribution in [3.05, 3.63) is 0 Å². The third kappa shape index (κ3) is 5.63. The molecule has 0 atom stereocenters. The van der Waals surface area contributed by atoms with Crippen molar-refractivity contribution >= 4 is 5.71 Å². The van der Waals surface area contributed by atoms with Crippen LogP contribution in [0.2, 0.25) is 0 Å². The molecule has 48 valence electrons. The molecule has 0 bridgehead atoms. The van der Waals surface area contributed by atoms with E-state index in [0.29, 0.717) is 0 Å². The van der Waals surface area contributed by atoms with Gasteiger partial charge in [-0.1, -0.05) is 0 Å². The average molecular weight is 114 g/mol. The molecule has 0 rings (SSSR count). The summed E-state index contributed by atoms with van der Waals surface area (Å²) in [5.74, 6) is 0. The Balaban J connectivity index is 3.05. The summed E-state index contributed by atoms with van der Waals surface area (Å²) in [7, 11) is 4.03. The van der Waals surface area contributed by atoms with Gasteiger partial charge < -0.3 is 10.3 Å². The Kier molecular flexibility index (Phi) is 3.44. The molecule has 0 aromatic carbocycles. The Bertz CT molecular complexity index is 76.6. The largest absolute Gasteiger partial charge is 0.310 e. The number of hydrogen-bond donors (Lipinski definition) is 1. The highest BCUT2D eigenvalue weighted by molar-refractivity contribution is 5.78. The number of rotatable bonds is 3. The van der Waals surface area contributed by atoms with Gasteiger partial charge in [-0.25, -0.2) is 0 Å². The first-order valence-electron chi connectivity index (χ1n) is 2.81. The third-order valence-electron chi connectivity index (χ3n) is 0.934. The molecule has 2 nitrogen and oxygen atoms in total. The number of nitrogens with one attached hydrogen (secondary N) is 1. The number of hydrogen-bond acceptors (Lipinski definition) is 2. The van der Waals surface area contributed by atoms with E-state index in [1.807, 2.05) is 21.0 Å². The second-order valence-corrected chi connectivity index (χ2v) is 2.33. The Morgan fingerprint density at radius 3 is 2.12 bits per heavy atom. The maximum Gasteiger partial charge on any atom is 0.00709 e. The van der Waals surface area contributed by atoms with Crippen molar-refractivity contribution in [3.8, 4) is 0 Å². The van der Waals surface area contributed by atoms with Gasteiger partial charge in [-0.3, -0.25) is 0 Å². The van der Waals surface area contributed by atoms with Crippen molar-refractivity contribution in [1.82, 2.24) is 4.90 Å². The molecule has 0 radical (unpaired) electrons. The van der Waals surface area contributed by atoms with E-state index in [1.165, 1.54) is 0 Å². The molecule has 1 N–H and O–H groups in total. The first-order chi connectivity index (χ1) is 3.63. The normalized spacial score (nSPS) is 10.0. The van der Waals surface area contributed by atoms with Gasteiger partial charge in [0, 0.05) is 12.3 Å². The van der Waals surface area contributed by atoms with Gasteiger partial charge in [0.1, 0.15) is 0 Å². The quantitative estimate of drug-likeness (QED) is 0.544. The van der Waals surface area contributed by atoms with Crippen LogP contribution in [0.5, 0.6) is 0 Å². The van der Waals surface area contributed by atoms with Crippen LogP contribution in [0, 0.1) is 5.41 Å². The lowest BCUT2D eigenvalue weighted by Gasteiger charge is -2.06. The Morgan fingerprint density at radius 1 is 1.50 bits per heavy atom. The van der Waals surface area contributed by atoms with Crippen molar-refractivity contribution in [2.75, 3.05) is 20.6 Å². The summed E-state index contributed by atoms with van der Waals surface area (Å²) in [6, 6.07) is 0. The van der Waals surface area contributed by atoms with E-state index in [1.54, 1.807) is 0 Å². The molecule has 0 unspecified atom stereocenters. The molecule has 0 aromatic heterocycles. The van der Waals surface area contributed by atoms with Crippen LogP contribution in [0.15, 0.2) is 0 Å². The fourth-order valence-corrected chi connectivity index (χ4v) is 0.391. The average Bonchev–Trinajstić information content (AvgIpc) is 1.61. The molecule has 0 aliphatic rings. The van der Waals surface area contributed by atoms with Crippen LogP contribution >= 0.6 is 0 Å². The molecule has 2 heteroatoms. The first kappa shape index (κ1) is 7.63. The molecule has 0 amide bonds. The van der Waals surface area contributed by atoms with Gasteiger partial charge in [0.15, 0.2) is 0 Å².